The second kappa shape index (κ2) is 4.17. The van der Waals surface area contributed by atoms with E-state index < -0.39 is 0 Å². The summed E-state index contributed by atoms with van der Waals surface area (Å²) in [5, 5.41) is 3.62. The van der Waals surface area contributed by atoms with Crippen LogP contribution in [-0.2, 0) is 0 Å². The van der Waals surface area contributed by atoms with Crippen LogP contribution in [0.2, 0.25) is 0 Å². The standard InChI is InChI=1S/C15H23N3S/c1-8-7-10(11(12(16)19)9(2)17-8)18-13-14(3,4)15(13,5)6/h7,13H,1-6H3,(H2,16,19)(H,17,18). The molecule has 0 bridgehead atoms. The van der Waals surface area contributed by atoms with E-state index in [0.29, 0.717) is 11.0 Å². The minimum absolute atomic E-state index is 0.269. The molecule has 3 N–H and O–H groups in total. The van der Waals surface area contributed by atoms with E-state index in [9.17, 15) is 0 Å². The summed E-state index contributed by atoms with van der Waals surface area (Å²) in [6, 6.07) is 2.46. The van der Waals surface area contributed by atoms with Gasteiger partial charge in [-0.1, -0.05) is 39.9 Å². The van der Waals surface area contributed by atoms with E-state index in [1.807, 2.05) is 19.9 Å². The number of anilines is 1. The van der Waals surface area contributed by atoms with Crippen LogP contribution in [0.1, 0.15) is 44.6 Å². The number of nitrogens with two attached hydrogens (primary N) is 1. The summed E-state index contributed by atoms with van der Waals surface area (Å²) < 4.78 is 0. The third-order valence-corrected chi connectivity index (χ3v) is 5.10. The molecule has 1 aromatic heterocycles. The molecule has 1 aliphatic rings. The highest BCUT2D eigenvalue weighted by Crippen LogP contribution is 2.63. The van der Waals surface area contributed by atoms with E-state index in [1.165, 1.54) is 0 Å². The molecular formula is C15H23N3S. The third-order valence-electron chi connectivity index (χ3n) is 4.90. The first-order chi connectivity index (χ1) is 8.59. The quantitative estimate of drug-likeness (QED) is 0.833. The second-order valence-corrected chi connectivity index (χ2v) is 7.10. The van der Waals surface area contributed by atoms with Crippen molar-refractivity contribution in [2.45, 2.75) is 47.6 Å². The Morgan fingerprint density at radius 3 is 2.21 bits per heavy atom. The summed E-state index contributed by atoms with van der Waals surface area (Å²) in [6.45, 7) is 13.1. The van der Waals surface area contributed by atoms with E-state index in [0.717, 1.165) is 22.6 Å². The maximum atomic E-state index is 5.85. The van der Waals surface area contributed by atoms with Crippen LogP contribution in [0.25, 0.3) is 0 Å². The molecule has 1 saturated carbocycles. The lowest BCUT2D eigenvalue weighted by molar-refractivity contribution is 0.457. The number of aryl methyl sites for hydroxylation is 2. The number of rotatable bonds is 3. The molecular weight excluding hydrogens is 254 g/mol. The number of pyridine rings is 1. The Hall–Kier alpha value is -1.16. The molecule has 0 atom stereocenters. The predicted octanol–water partition coefficient (Wildman–Crippen LogP) is 3.18. The van der Waals surface area contributed by atoms with Gasteiger partial charge in [0.15, 0.2) is 0 Å². The Labute approximate surface area is 121 Å². The van der Waals surface area contributed by atoms with Crippen molar-refractivity contribution in [2.24, 2.45) is 16.6 Å². The van der Waals surface area contributed by atoms with E-state index in [1.54, 1.807) is 0 Å². The Morgan fingerprint density at radius 1 is 1.26 bits per heavy atom. The Morgan fingerprint density at radius 2 is 1.79 bits per heavy atom. The fourth-order valence-electron chi connectivity index (χ4n) is 2.97. The van der Waals surface area contributed by atoms with Crippen molar-refractivity contribution in [1.82, 2.24) is 4.98 Å². The van der Waals surface area contributed by atoms with Crippen LogP contribution in [0.15, 0.2) is 6.07 Å². The summed E-state index contributed by atoms with van der Waals surface area (Å²) in [5.74, 6) is 0. The zero-order chi connectivity index (χ0) is 14.6. The van der Waals surface area contributed by atoms with E-state index in [-0.39, 0.29) is 10.8 Å². The van der Waals surface area contributed by atoms with Crippen molar-refractivity contribution in [3.05, 3.63) is 23.0 Å². The molecule has 1 aromatic rings. The first kappa shape index (κ1) is 14.3. The summed E-state index contributed by atoms with van der Waals surface area (Å²) >= 11 is 5.17. The van der Waals surface area contributed by atoms with Crippen LogP contribution >= 0.6 is 12.2 Å². The van der Waals surface area contributed by atoms with Gasteiger partial charge in [0.25, 0.3) is 0 Å². The number of thiocarbonyl (C=S) groups is 1. The molecule has 1 heterocycles. The third kappa shape index (κ3) is 2.12. The molecule has 0 saturated heterocycles. The molecule has 1 fully saturated rings. The lowest BCUT2D eigenvalue weighted by Gasteiger charge is -2.15. The van der Waals surface area contributed by atoms with Gasteiger partial charge in [0.2, 0.25) is 0 Å². The summed E-state index contributed by atoms with van der Waals surface area (Å²) in [5.41, 5.74) is 10.2. The van der Waals surface area contributed by atoms with Gasteiger partial charge in [-0.15, -0.1) is 0 Å². The van der Waals surface area contributed by atoms with Gasteiger partial charge >= 0.3 is 0 Å². The average molecular weight is 277 g/mol. The Balaban J connectivity index is 2.39. The zero-order valence-corrected chi connectivity index (χ0v) is 13.4. The van der Waals surface area contributed by atoms with Crippen molar-refractivity contribution in [3.8, 4) is 0 Å². The van der Waals surface area contributed by atoms with Crippen molar-refractivity contribution in [2.75, 3.05) is 5.32 Å². The number of hydrogen-bond acceptors (Lipinski definition) is 3. The maximum Gasteiger partial charge on any atom is 0.107 e. The van der Waals surface area contributed by atoms with Crippen LogP contribution < -0.4 is 11.1 Å². The van der Waals surface area contributed by atoms with Gasteiger partial charge in [-0.2, -0.15) is 0 Å². The van der Waals surface area contributed by atoms with Crippen molar-refractivity contribution in [3.63, 3.8) is 0 Å². The van der Waals surface area contributed by atoms with Gasteiger partial charge in [-0.3, -0.25) is 4.98 Å². The molecule has 0 aliphatic heterocycles. The highest BCUT2D eigenvalue weighted by atomic mass is 32.1. The topological polar surface area (TPSA) is 50.9 Å². The zero-order valence-electron chi connectivity index (χ0n) is 12.6. The molecule has 0 unspecified atom stereocenters. The Kier molecular flexibility index (Phi) is 3.13. The molecule has 0 radical (unpaired) electrons. The molecule has 0 amide bonds. The lowest BCUT2D eigenvalue weighted by atomic mass is 10.0. The first-order valence-electron chi connectivity index (χ1n) is 6.63. The first-order valence-corrected chi connectivity index (χ1v) is 7.04. The molecule has 0 spiro atoms. The van der Waals surface area contributed by atoms with E-state index in [2.05, 4.69) is 38.0 Å². The Bertz CT molecular complexity index is 533. The van der Waals surface area contributed by atoms with Gasteiger partial charge in [-0.25, -0.2) is 0 Å². The summed E-state index contributed by atoms with van der Waals surface area (Å²) in [6.07, 6.45) is 0. The van der Waals surface area contributed by atoms with Crippen LogP contribution in [0, 0.1) is 24.7 Å². The highest BCUT2D eigenvalue weighted by molar-refractivity contribution is 7.80. The van der Waals surface area contributed by atoms with Crippen LogP contribution in [-0.4, -0.2) is 16.0 Å². The molecule has 0 aromatic carbocycles. The fourth-order valence-corrected chi connectivity index (χ4v) is 3.22. The van der Waals surface area contributed by atoms with E-state index >= 15 is 0 Å². The smallest absolute Gasteiger partial charge is 0.107 e. The van der Waals surface area contributed by atoms with Crippen LogP contribution in [0.4, 0.5) is 5.69 Å². The maximum absolute atomic E-state index is 5.85. The monoisotopic (exact) mass is 277 g/mol. The molecule has 104 valence electrons. The number of hydrogen-bond donors (Lipinski definition) is 2. The predicted molar refractivity (Wildman–Crippen MR) is 84.6 cm³/mol. The minimum atomic E-state index is 0.269. The van der Waals surface area contributed by atoms with Crippen LogP contribution in [0.3, 0.4) is 0 Å². The van der Waals surface area contributed by atoms with E-state index in [4.69, 9.17) is 18.0 Å². The number of aromatic nitrogens is 1. The number of nitrogens with one attached hydrogen (secondary N) is 1. The second-order valence-electron chi connectivity index (χ2n) is 6.66. The van der Waals surface area contributed by atoms with Crippen molar-refractivity contribution < 1.29 is 0 Å². The summed E-state index contributed by atoms with van der Waals surface area (Å²) in [7, 11) is 0. The SMILES string of the molecule is Cc1cc(NC2C(C)(C)C2(C)C)c(C(N)=S)c(C)n1. The molecule has 1 aliphatic carbocycles. The van der Waals surface area contributed by atoms with Gasteiger partial charge in [0.05, 0.1) is 5.56 Å². The van der Waals surface area contributed by atoms with Gasteiger partial charge < -0.3 is 11.1 Å². The normalized spacial score (nSPS) is 20.1. The van der Waals surface area contributed by atoms with Gasteiger partial charge in [0.1, 0.15) is 4.99 Å². The molecule has 2 rings (SSSR count). The molecule has 3 nitrogen and oxygen atoms in total. The highest BCUT2D eigenvalue weighted by Gasteiger charge is 2.65. The van der Waals surface area contributed by atoms with Crippen molar-refractivity contribution in [1.29, 1.82) is 0 Å². The summed E-state index contributed by atoms with van der Waals surface area (Å²) in [4.78, 5) is 4.85. The average Bonchev–Trinajstić information content (AvgIpc) is 2.59. The van der Waals surface area contributed by atoms with Crippen LogP contribution in [0.5, 0.6) is 0 Å². The minimum Gasteiger partial charge on any atom is -0.389 e. The number of nitrogens with zero attached hydrogens (tertiary/aromatic N) is 1. The van der Waals surface area contributed by atoms with Crippen molar-refractivity contribution >= 4 is 22.9 Å². The largest absolute Gasteiger partial charge is 0.389 e. The fraction of sp³-hybridized carbons (Fsp3) is 0.600. The molecule has 4 heteroatoms. The van der Waals surface area contributed by atoms with Gasteiger partial charge in [0, 0.05) is 23.1 Å². The molecule has 19 heavy (non-hydrogen) atoms. The lowest BCUT2D eigenvalue weighted by Crippen LogP contribution is -2.19. The van der Waals surface area contributed by atoms with Gasteiger partial charge in [-0.05, 0) is 30.7 Å².